The first-order valence-electron chi connectivity index (χ1n) is 9.96. The molecule has 0 unspecified atom stereocenters. The van der Waals surface area contributed by atoms with Crippen molar-refractivity contribution >= 4 is 17.3 Å². The van der Waals surface area contributed by atoms with Crippen LogP contribution in [0.25, 0.3) is 11.3 Å². The zero-order chi connectivity index (χ0) is 23.4. The number of hydrogen-bond donors (Lipinski definition) is 2. The Morgan fingerprint density at radius 1 is 1.00 bits per heavy atom. The van der Waals surface area contributed by atoms with Crippen LogP contribution in [0.15, 0.2) is 72.8 Å². The van der Waals surface area contributed by atoms with Crippen molar-refractivity contribution in [1.82, 2.24) is 10.2 Å². The minimum Gasteiger partial charge on any atom is -0.497 e. The molecule has 9 heteroatoms. The summed E-state index contributed by atoms with van der Waals surface area (Å²) in [6, 6.07) is 20.2. The van der Waals surface area contributed by atoms with Crippen LogP contribution in [0.5, 0.6) is 17.2 Å². The van der Waals surface area contributed by atoms with Crippen molar-refractivity contribution in [3.05, 3.63) is 94.2 Å². The van der Waals surface area contributed by atoms with Gasteiger partial charge in [0.1, 0.15) is 22.9 Å². The summed E-state index contributed by atoms with van der Waals surface area (Å²) in [6.07, 6.45) is 0. The lowest BCUT2D eigenvalue weighted by molar-refractivity contribution is -0.384. The Kier molecular flexibility index (Phi) is 6.03. The van der Waals surface area contributed by atoms with Gasteiger partial charge in [-0.25, -0.2) is 0 Å². The van der Waals surface area contributed by atoms with Crippen molar-refractivity contribution in [3.8, 4) is 28.5 Å². The van der Waals surface area contributed by atoms with Crippen LogP contribution in [0.1, 0.15) is 16.1 Å². The van der Waals surface area contributed by atoms with Gasteiger partial charge >= 0.3 is 0 Å². The average molecular weight is 444 g/mol. The number of nitrogens with zero attached hydrogens (tertiary/aromatic N) is 2. The molecule has 9 nitrogen and oxygen atoms in total. The Morgan fingerprint density at radius 3 is 2.52 bits per heavy atom. The molecule has 0 atom stereocenters. The Morgan fingerprint density at radius 2 is 1.79 bits per heavy atom. The van der Waals surface area contributed by atoms with Crippen molar-refractivity contribution in [3.63, 3.8) is 0 Å². The molecule has 4 rings (SSSR count). The average Bonchev–Trinajstić information content (AvgIpc) is 3.31. The second kappa shape index (κ2) is 9.23. The molecular weight excluding hydrogens is 424 g/mol. The third-order valence-corrected chi connectivity index (χ3v) is 4.80. The van der Waals surface area contributed by atoms with E-state index in [0.717, 1.165) is 11.1 Å². The molecule has 0 saturated carbocycles. The summed E-state index contributed by atoms with van der Waals surface area (Å²) in [6.45, 7) is 1.94. The molecule has 0 fully saturated rings. The smallest absolute Gasteiger partial charge is 0.275 e. The van der Waals surface area contributed by atoms with Gasteiger partial charge in [-0.1, -0.05) is 29.8 Å². The maximum absolute atomic E-state index is 12.8. The summed E-state index contributed by atoms with van der Waals surface area (Å²) in [5.74, 6) is 0.914. The van der Waals surface area contributed by atoms with E-state index in [1.54, 1.807) is 31.4 Å². The first-order chi connectivity index (χ1) is 15.9. The van der Waals surface area contributed by atoms with E-state index in [0.29, 0.717) is 17.2 Å². The summed E-state index contributed by atoms with van der Waals surface area (Å²) in [7, 11) is 1.57. The molecule has 3 aromatic carbocycles. The van der Waals surface area contributed by atoms with Crippen molar-refractivity contribution in [2.75, 3.05) is 12.4 Å². The van der Waals surface area contributed by atoms with E-state index >= 15 is 0 Å². The number of H-pyrrole nitrogens is 1. The van der Waals surface area contributed by atoms with E-state index in [1.165, 1.54) is 18.2 Å². The largest absolute Gasteiger partial charge is 0.497 e. The minimum atomic E-state index is -0.547. The number of ether oxygens (including phenoxy) is 2. The zero-order valence-electron chi connectivity index (χ0n) is 17.9. The number of carbonyl (C=O) groups excluding carboxylic acids is 1. The molecule has 0 bridgehead atoms. The fourth-order valence-corrected chi connectivity index (χ4v) is 3.13. The highest BCUT2D eigenvalue weighted by Gasteiger charge is 2.16. The van der Waals surface area contributed by atoms with E-state index in [1.807, 2.05) is 37.3 Å². The topological polar surface area (TPSA) is 119 Å². The molecule has 4 aromatic rings. The Balaban J connectivity index is 1.56. The van der Waals surface area contributed by atoms with E-state index < -0.39 is 10.8 Å². The second-order valence-electron chi connectivity index (χ2n) is 7.24. The van der Waals surface area contributed by atoms with Crippen molar-refractivity contribution in [1.29, 1.82) is 0 Å². The predicted molar refractivity (Wildman–Crippen MR) is 123 cm³/mol. The summed E-state index contributed by atoms with van der Waals surface area (Å²) >= 11 is 0. The third-order valence-electron chi connectivity index (χ3n) is 4.80. The molecular formula is C24H20N4O5. The van der Waals surface area contributed by atoms with Crippen LogP contribution in [0.4, 0.5) is 11.4 Å². The molecule has 1 heterocycles. The van der Waals surface area contributed by atoms with Gasteiger partial charge in [0.15, 0.2) is 0 Å². The van der Waals surface area contributed by atoms with Crippen LogP contribution in [0, 0.1) is 17.0 Å². The van der Waals surface area contributed by atoms with E-state index in [-0.39, 0.29) is 22.8 Å². The lowest BCUT2D eigenvalue weighted by atomic mass is 10.1. The first kappa shape index (κ1) is 21.6. The SMILES string of the molecule is COc1cccc(-c2cc(C(=O)Nc3cc(Oc4ccc(C)cc4)cc([N+](=O)[O-])c3)[nH]n2)c1. The highest BCUT2D eigenvalue weighted by Crippen LogP contribution is 2.30. The number of rotatable bonds is 7. The molecule has 33 heavy (non-hydrogen) atoms. The molecule has 1 aromatic heterocycles. The summed E-state index contributed by atoms with van der Waals surface area (Å²) < 4.78 is 11.0. The number of carbonyl (C=O) groups is 1. The van der Waals surface area contributed by atoms with Crippen LogP contribution in [-0.4, -0.2) is 28.1 Å². The van der Waals surface area contributed by atoms with E-state index in [2.05, 4.69) is 15.5 Å². The van der Waals surface area contributed by atoms with Gasteiger partial charge in [0.2, 0.25) is 0 Å². The molecule has 2 N–H and O–H groups in total. The fraction of sp³-hybridized carbons (Fsp3) is 0.0833. The van der Waals surface area contributed by atoms with Crippen molar-refractivity contribution < 1.29 is 19.2 Å². The Hall–Kier alpha value is -4.66. The standard InChI is InChI=1S/C24H20N4O5/c1-15-6-8-19(9-7-15)33-21-12-17(11-18(13-21)28(30)31)25-24(29)23-14-22(26-27-23)16-4-3-5-20(10-16)32-2/h3-14H,1-2H3,(H,25,29)(H,26,27). The molecule has 0 aliphatic rings. The molecule has 0 radical (unpaired) electrons. The molecule has 1 amide bonds. The van der Waals surface area contributed by atoms with Crippen LogP contribution < -0.4 is 14.8 Å². The van der Waals surface area contributed by atoms with Gasteiger partial charge < -0.3 is 14.8 Å². The van der Waals surface area contributed by atoms with Gasteiger partial charge in [-0.2, -0.15) is 5.10 Å². The number of amides is 1. The number of anilines is 1. The summed E-state index contributed by atoms with van der Waals surface area (Å²) in [4.78, 5) is 23.6. The number of aromatic amines is 1. The fourth-order valence-electron chi connectivity index (χ4n) is 3.13. The Bertz CT molecular complexity index is 1310. The number of aryl methyl sites for hydroxylation is 1. The Labute approximate surface area is 189 Å². The number of nitro groups is 1. The zero-order valence-corrected chi connectivity index (χ0v) is 17.9. The van der Waals surface area contributed by atoms with E-state index in [9.17, 15) is 14.9 Å². The van der Waals surface area contributed by atoms with Crippen LogP contribution in [0.2, 0.25) is 0 Å². The minimum absolute atomic E-state index is 0.195. The van der Waals surface area contributed by atoms with Gasteiger partial charge in [-0.3, -0.25) is 20.0 Å². The van der Waals surface area contributed by atoms with Gasteiger partial charge in [0.05, 0.1) is 29.5 Å². The molecule has 166 valence electrons. The van der Waals surface area contributed by atoms with Gasteiger partial charge in [0, 0.05) is 17.7 Å². The van der Waals surface area contributed by atoms with Crippen LogP contribution in [0.3, 0.4) is 0 Å². The normalized spacial score (nSPS) is 10.5. The van der Waals surface area contributed by atoms with Gasteiger partial charge in [-0.15, -0.1) is 0 Å². The number of benzene rings is 3. The summed E-state index contributed by atoms with van der Waals surface area (Å²) in [5.41, 5.74) is 2.59. The van der Waals surface area contributed by atoms with Crippen LogP contribution in [-0.2, 0) is 0 Å². The lowest BCUT2D eigenvalue weighted by Crippen LogP contribution is -2.12. The van der Waals surface area contributed by atoms with Gasteiger partial charge in [0.25, 0.3) is 11.6 Å². The predicted octanol–water partition coefficient (Wildman–Crippen LogP) is 5.35. The number of hydrogen-bond acceptors (Lipinski definition) is 6. The summed E-state index contributed by atoms with van der Waals surface area (Å²) in [5, 5.41) is 20.9. The van der Waals surface area contributed by atoms with Crippen molar-refractivity contribution in [2.24, 2.45) is 0 Å². The van der Waals surface area contributed by atoms with Gasteiger partial charge in [-0.05, 0) is 37.3 Å². The van der Waals surface area contributed by atoms with Crippen LogP contribution >= 0.6 is 0 Å². The highest BCUT2D eigenvalue weighted by atomic mass is 16.6. The highest BCUT2D eigenvalue weighted by molar-refractivity contribution is 6.03. The number of methoxy groups -OCH3 is 1. The molecule has 0 aliphatic heterocycles. The molecule has 0 saturated heterocycles. The van der Waals surface area contributed by atoms with E-state index in [4.69, 9.17) is 9.47 Å². The maximum Gasteiger partial charge on any atom is 0.275 e. The number of non-ortho nitro benzene ring substituents is 1. The maximum atomic E-state index is 12.8. The quantitative estimate of drug-likeness (QED) is 0.293. The molecule has 0 spiro atoms. The van der Waals surface area contributed by atoms with Crippen molar-refractivity contribution in [2.45, 2.75) is 6.92 Å². The monoisotopic (exact) mass is 444 g/mol. The number of aromatic nitrogens is 2. The number of nitrogens with one attached hydrogen (secondary N) is 2. The molecule has 0 aliphatic carbocycles. The third kappa shape index (κ3) is 5.16. The first-order valence-corrected chi connectivity index (χ1v) is 9.96. The second-order valence-corrected chi connectivity index (χ2v) is 7.24. The lowest BCUT2D eigenvalue weighted by Gasteiger charge is -2.09. The number of nitro benzene ring substituents is 1.